The number of hydrogen-bond donors (Lipinski definition) is 2. The Morgan fingerprint density at radius 2 is 1.95 bits per heavy atom. The summed E-state index contributed by atoms with van der Waals surface area (Å²) in [6.07, 6.45) is 2.37. The molecule has 0 spiro atoms. The lowest BCUT2D eigenvalue weighted by molar-refractivity contribution is -0.118. The SMILES string of the molecule is Cc1ccc(Cc2sc(NC(=O)C3(N)CC3)nc2C)cc1.Cl. The van der Waals surface area contributed by atoms with Crippen molar-refractivity contribution in [1.82, 2.24) is 4.98 Å². The number of halogens is 1. The van der Waals surface area contributed by atoms with Crippen LogP contribution >= 0.6 is 23.7 Å². The van der Waals surface area contributed by atoms with Crippen LogP contribution < -0.4 is 11.1 Å². The van der Waals surface area contributed by atoms with Crippen molar-refractivity contribution in [3.05, 3.63) is 46.0 Å². The number of hydrogen-bond acceptors (Lipinski definition) is 4. The molecule has 0 unspecified atom stereocenters. The molecule has 1 aromatic heterocycles. The van der Waals surface area contributed by atoms with Gasteiger partial charge in [0.25, 0.3) is 0 Å². The number of carbonyl (C=O) groups is 1. The Morgan fingerprint density at radius 1 is 1.32 bits per heavy atom. The topological polar surface area (TPSA) is 68.0 Å². The van der Waals surface area contributed by atoms with Crippen LogP contribution in [0.5, 0.6) is 0 Å². The zero-order chi connectivity index (χ0) is 15.0. The summed E-state index contributed by atoms with van der Waals surface area (Å²) in [5.41, 5.74) is 8.71. The zero-order valence-electron chi connectivity index (χ0n) is 12.7. The monoisotopic (exact) mass is 337 g/mol. The van der Waals surface area contributed by atoms with Crippen LogP contribution in [0.4, 0.5) is 5.13 Å². The molecule has 0 bridgehead atoms. The Kier molecular flexibility index (Phi) is 4.90. The lowest BCUT2D eigenvalue weighted by Gasteiger charge is -2.06. The molecule has 4 nitrogen and oxygen atoms in total. The van der Waals surface area contributed by atoms with Gasteiger partial charge < -0.3 is 11.1 Å². The number of nitrogens with two attached hydrogens (primary N) is 1. The average molecular weight is 338 g/mol. The minimum atomic E-state index is -0.656. The number of aryl methyl sites for hydroxylation is 2. The van der Waals surface area contributed by atoms with Crippen molar-refractivity contribution >= 4 is 34.8 Å². The van der Waals surface area contributed by atoms with E-state index in [1.807, 2.05) is 6.92 Å². The Bertz CT molecular complexity index is 677. The van der Waals surface area contributed by atoms with E-state index in [1.54, 1.807) is 0 Å². The fourth-order valence-electron chi connectivity index (χ4n) is 2.12. The fraction of sp³-hybridized carbons (Fsp3) is 0.375. The molecule has 6 heteroatoms. The molecule has 1 fully saturated rings. The number of nitrogens with zero attached hydrogens (tertiary/aromatic N) is 1. The number of thiazole rings is 1. The standard InChI is InChI=1S/C16H19N3OS.ClH/c1-10-3-5-12(6-4-10)9-13-11(2)18-15(21-13)19-14(20)16(17)7-8-16;/h3-6H,7-9,17H2,1-2H3,(H,18,19,20);1H. The van der Waals surface area contributed by atoms with E-state index >= 15 is 0 Å². The van der Waals surface area contributed by atoms with Crippen LogP contribution in [0.15, 0.2) is 24.3 Å². The predicted molar refractivity (Wildman–Crippen MR) is 92.9 cm³/mol. The van der Waals surface area contributed by atoms with Crippen molar-refractivity contribution in [2.75, 3.05) is 5.32 Å². The summed E-state index contributed by atoms with van der Waals surface area (Å²) in [5, 5.41) is 3.49. The fourth-order valence-corrected chi connectivity index (χ4v) is 3.11. The number of rotatable bonds is 4. The summed E-state index contributed by atoms with van der Waals surface area (Å²) in [6.45, 7) is 4.06. The van der Waals surface area contributed by atoms with Crippen molar-refractivity contribution < 1.29 is 4.79 Å². The molecule has 22 heavy (non-hydrogen) atoms. The maximum absolute atomic E-state index is 11.9. The van der Waals surface area contributed by atoms with E-state index in [1.165, 1.54) is 27.3 Å². The zero-order valence-corrected chi connectivity index (χ0v) is 14.3. The van der Waals surface area contributed by atoms with Crippen LogP contribution in [0.1, 0.15) is 34.5 Å². The molecule has 3 N–H and O–H groups in total. The first-order chi connectivity index (χ1) is 9.96. The molecule has 0 radical (unpaired) electrons. The average Bonchev–Trinajstić information content (AvgIpc) is 3.10. The third-order valence-electron chi connectivity index (χ3n) is 3.84. The molecular formula is C16H20ClN3OS. The number of anilines is 1. The van der Waals surface area contributed by atoms with Crippen molar-refractivity contribution in [3.63, 3.8) is 0 Å². The number of amides is 1. The van der Waals surface area contributed by atoms with Gasteiger partial charge in [0.1, 0.15) is 0 Å². The number of benzene rings is 1. The van der Waals surface area contributed by atoms with Gasteiger partial charge in [-0.15, -0.1) is 23.7 Å². The number of carbonyl (C=O) groups excluding carboxylic acids is 1. The highest BCUT2D eigenvalue weighted by atomic mass is 35.5. The van der Waals surface area contributed by atoms with Gasteiger partial charge in [-0.3, -0.25) is 4.79 Å². The summed E-state index contributed by atoms with van der Waals surface area (Å²) in [6, 6.07) is 8.48. The lowest BCUT2D eigenvalue weighted by atomic mass is 10.1. The second-order valence-electron chi connectivity index (χ2n) is 5.80. The normalized spacial score (nSPS) is 15.0. The first-order valence-electron chi connectivity index (χ1n) is 7.08. The van der Waals surface area contributed by atoms with Crippen molar-refractivity contribution in [2.24, 2.45) is 5.73 Å². The van der Waals surface area contributed by atoms with Crippen LogP contribution in [0.3, 0.4) is 0 Å². The van der Waals surface area contributed by atoms with E-state index in [-0.39, 0.29) is 18.3 Å². The van der Waals surface area contributed by atoms with Crippen LogP contribution in [-0.2, 0) is 11.2 Å². The summed E-state index contributed by atoms with van der Waals surface area (Å²) in [5.74, 6) is -0.113. The molecule has 1 saturated carbocycles. The molecule has 2 aromatic rings. The van der Waals surface area contributed by atoms with Crippen molar-refractivity contribution in [1.29, 1.82) is 0 Å². The van der Waals surface area contributed by atoms with Gasteiger partial charge in [-0.05, 0) is 32.3 Å². The first kappa shape index (κ1) is 16.9. The Labute approximate surface area is 140 Å². The second-order valence-corrected chi connectivity index (χ2v) is 6.88. The smallest absolute Gasteiger partial charge is 0.246 e. The molecule has 1 aliphatic rings. The molecule has 1 heterocycles. The van der Waals surface area contributed by atoms with E-state index in [0.29, 0.717) is 5.13 Å². The second kappa shape index (κ2) is 6.36. The quantitative estimate of drug-likeness (QED) is 0.900. The molecule has 1 aliphatic carbocycles. The third-order valence-corrected chi connectivity index (χ3v) is 4.91. The first-order valence-corrected chi connectivity index (χ1v) is 7.90. The van der Waals surface area contributed by atoms with Gasteiger partial charge in [0, 0.05) is 11.3 Å². The summed E-state index contributed by atoms with van der Waals surface area (Å²) in [7, 11) is 0. The van der Waals surface area contributed by atoms with Gasteiger partial charge >= 0.3 is 0 Å². The highest BCUT2D eigenvalue weighted by molar-refractivity contribution is 7.15. The van der Waals surface area contributed by atoms with E-state index in [0.717, 1.165) is 25.0 Å². The van der Waals surface area contributed by atoms with Gasteiger partial charge in [-0.25, -0.2) is 4.98 Å². The molecule has 0 aliphatic heterocycles. The Morgan fingerprint density at radius 3 is 2.55 bits per heavy atom. The maximum atomic E-state index is 11.9. The van der Waals surface area contributed by atoms with Crippen LogP contribution in [-0.4, -0.2) is 16.4 Å². The molecule has 0 atom stereocenters. The third kappa shape index (κ3) is 3.66. The van der Waals surface area contributed by atoms with Crippen LogP contribution in [0.2, 0.25) is 0 Å². The van der Waals surface area contributed by atoms with Gasteiger partial charge in [0.05, 0.1) is 11.2 Å². The molecular weight excluding hydrogens is 318 g/mol. The molecule has 118 valence electrons. The molecule has 1 aromatic carbocycles. The molecule has 1 amide bonds. The summed E-state index contributed by atoms with van der Waals surface area (Å²) in [4.78, 5) is 17.6. The van der Waals surface area contributed by atoms with Crippen molar-refractivity contribution in [2.45, 2.75) is 38.6 Å². The van der Waals surface area contributed by atoms with E-state index < -0.39 is 5.54 Å². The number of nitrogens with one attached hydrogen (secondary N) is 1. The van der Waals surface area contributed by atoms with E-state index in [4.69, 9.17) is 5.73 Å². The Hall–Kier alpha value is -1.43. The lowest BCUT2D eigenvalue weighted by Crippen LogP contribution is -2.37. The van der Waals surface area contributed by atoms with Gasteiger partial charge in [-0.2, -0.15) is 0 Å². The largest absolute Gasteiger partial charge is 0.317 e. The van der Waals surface area contributed by atoms with Gasteiger partial charge in [0.15, 0.2) is 5.13 Å². The highest BCUT2D eigenvalue weighted by Crippen LogP contribution is 2.34. The number of aromatic nitrogens is 1. The summed E-state index contributed by atoms with van der Waals surface area (Å²) >= 11 is 1.53. The predicted octanol–water partition coefficient (Wildman–Crippen LogP) is 3.20. The van der Waals surface area contributed by atoms with Gasteiger partial charge in [-0.1, -0.05) is 29.8 Å². The highest BCUT2D eigenvalue weighted by Gasteiger charge is 2.46. The Balaban J connectivity index is 0.00000176. The minimum Gasteiger partial charge on any atom is -0.317 e. The summed E-state index contributed by atoms with van der Waals surface area (Å²) < 4.78 is 0. The van der Waals surface area contributed by atoms with Crippen LogP contribution in [0, 0.1) is 13.8 Å². The minimum absolute atomic E-state index is 0. The van der Waals surface area contributed by atoms with E-state index in [9.17, 15) is 4.79 Å². The van der Waals surface area contributed by atoms with E-state index in [2.05, 4.69) is 41.5 Å². The molecule has 0 saturated heterocycles. The van der Waals surface area contributed by atoms with Crippen LogP contribution in [0.25, 0.3) is 0 Å². The van der Waals surface area contributed by atoms with Gasteiger partial charge in [0.2, 0.25) is 5.91 Å². The van der Waals surface area contributed by atoms with Crippen molar-refractivity contribution in [3.8, 4) is 0 Å². The molecule has 3 rings (SSSR count). The maximum Gasteiger partial charge on any atom is 0.246 e.